The van der Waals surface area contributed by atoms with Gasteiger partial charge in [-0.25, -0.2) is 0 Å². The zero-order valence-electron chi connectivity index (χ0n) is 20.7. The fraction of sp³-hybridized carbons (Fsp3) is 0.444. The van der Waals surface area contributed by atoms with E-state index in [1.54, 1.807) is 19.1 Å². The summed E-state index contributed by atoms with van der Waals surface area (Å²) in [6.45, 7) is 1.71. The molecule has 0 spiro atoms. The summed E-state index contributed by atoms with van der Waals surface area (Å²) in [5, 5.41) is 56.8. The molecule has 0 unspecified atom stereocenters. The number of likely N-dealkylation sites (N-methyl/N-ethyl adjacent to an activating group) is 1. The number of hydrogen-bond donors (Lipinski definition) is 6. The van der Waals surface area contributed by atoms with E-state index in [0.29, 0.717) is 11.1 Å². The number of phenolic OH excluding ortho intramolecular Hbond substituents is 1. The highest BCUT2D eigenvalue weighted by molar-refractivity contribution is 6.25. The van der Waals surface area contributed by atoms with Gasteiger partial charge in [0, 0.05) is 17.1 Å². The van der Waals surface area contributed by atoms with Crippen molar-refractivity contribution < 1.29 is 39.9 Å². The minimum Gasteiger partial charge on any atom is -0.510 e. The number of Topliss-reactive ketones (excluding diaryl/α,β-unsaturated/α-hetero) is 2. The van der Waals surface area contributed by atoms with Gasteiger partial charge in [-0.2, -0.15) is 0 Å². The molecule has 1 aromatic rings. The van der Waals surface area contributed by atoms with Crippen molar-refractivity contribution in [2.45, 2.75) is 49.9 Å². The minimum absolute atomic E-state index is 0.0641. The fourth-order valence-corrected chi connectivity index (χ4v) is 6.80. The van der Waals surface area contributed by atoms with Gasteiger partial charge < -0.3 is 31.3 Å². The topological polar surface area (TPSA) is 182 Å². The number of benzene rings is 1. The second-order valence-corrected chi connectivity index (χ2v) is 10.6. The first-order valence-corrected chi connectivity index (χ1v) is 12.2. The van der Waals surface area contributed by atoms with Gasteiger partial charge >= 0.3 is 0 Å². The number of allylic oxidation sites excluding steroid dienone is 2. The Bertz CT molecular complexity index is 1360. The third-order valence-corrected chi connectivity index (χ3v) is 8.52. The maximum absolute atomic E-state index is 13.9. The molecule has 0 fully saturated rings. The van der Waals surface area contributed by atoms with Crippen LogP contribution in [0, 0.1) is 11.8 Å². The third kappa shape index (κ3) is 3.12. The number of hydrogen-bond acceptors (Lipinski definition) is 9. The van der Waals surface area contributed by atoms with Crippen molar-refractivity contribution in [3.63, 3.8) is 0 Å². The zero-order valence-corrected chi connectivity index (χ0v) is 20.7. The number of amides is 1. The summed E-state index contributed by atoms with van der Waals surface area (Å²) in [4.78, 5) is 40.8. The summed E-state index contributed by atoms with van der Waals surface area (Å²) in [5.74, 6) is -8.77. The van der Waals surface area contributed by atoms with E-state index >= 15 is 0 Å². The number of rotatable bonds is 3. The lowest BCUT2D eigenvalue weighted by Crippen LogP contribution is -2.68. The average molecular weight is 511 g/mol. The van der Waals surface area contributed by atoms with Crippen LogP contribution in [0.3, 0.4) is 0 Å². The number of aliphatic hydroxyl groups is 4. The van der Waals surface area contributed by atoms with Crippen LogP contribution in [0.2, 0.25) is 0 Å². The number of ketones is 2. The van der Waals surface area contributed by atoms with Gasteiger partial charge in [-0.1, -0.05) is 25.1 Å². The van der Waals surface area contributed by atoms with Crippen LogP contribution in [0.1, 0.15) is 53.6 Å². The van der Waals surface area contributed by atoms with E-state index in [0.717, 1.165) is 24.8 Å². The van der Waals surface area contributed by atoms with Crippen LogP contribution in [0.25, 0.3) is 5.57 Å². The molecule has 196 valence electrons. The van der Waals surface area contributed by atoms with E-state index in [-0.39, 0.29) is 11.3 Å². The minimum atomic E-state index is -2.91. The molecule has 0 saturated heterocycles. The van der Waals surface area contributed by atoms with Crippen molar-refractivity contribution in [2.75, 3.05) is 14.1 Å². The van der Waals surface area contributed by atoms with Crippen LogP contribution in [0.5, 0.6) is 5.75 Å². The molecule has 10 nitrogen and oxygen atoms in total. The zero-order chi connectivity index (χ0) is 27.1. The number of phenols is 1. The molecule has 7 N–H and O–H groups in total. The van der Waals surface area contributed by atoms with Crippen molar-refractivity contribution in [2.24, 2.45) is 17.6 Å². The van der Waals surface area contributed by atoms with Crippen molar-refractivity contribution in [3.05, 3.63) is 57.6 Å². The van der Waals surface area contributed by atoms with Gasteiger partial charge in [-0.3, -0.25) is 19.3 Å². The molecule has 0 aromatic heterocycles. The monoisotopic (exact) mass is 510 g/mol. The largest absolute Gasteiger partial charge is 0.510 e. The molecule has 1 aromatic carbocycles. The SMILES string of the molecule is C[C@@H]1c2ccc(C3=CCCC3)c(O)c2C(=O)C2=C(O)[C@@]3(O)C(=O)C(C(N)=O)=C(O)[C@@H](N(C)C)[C@@H]3[C@H](O)[C@H]21. The van der Waals surface area contributed by atoms with Gasteiger partial charge in [0.25, 0.3) is 5.91 Å². The molecule has 0 radical (unpaired) electrons. The molecule has 1 amide bonds. The number of carbonyl (C=O) groups excluding carboxylic acids is 3. The quantitative estimate of drug-likeness (QED) is 0.326. The molecule has 0 heterocycles. The molecule has 5 rings (SSSR count). The highest BCUT2D eigenvalue weighted by Crippen LogP contribution is 2.56. The van der Waals surface area contributed by atoms with E-state index in [1.807, 2.05) is 6.08 Å². The molecule has 6 atom stereocenters. The molecule has 10 heteroatoms. The third-order valence-electron chi connectivity index (χ3n) is 8.52. The highest BCUT2D eigenvalue weighted by Gasteiger charge is 2.67. The number of fused-ring (bicyclic) bond motifs is 3. The molecule has 0 bridgehead atoms. The molecule has 37 heavy (non-hydrogen) atoms. The molecule has 4 aliphatic rings. The smallest absolute Gasteiger partial charge is 0.255 e. The number of aliphatic hydroxyl groups excluding tert-OH is 3. The first kappa shape index (κ1) is 25.2. The van der Waals surface area contributed by atoms with Crippen molar-refractivity contribution in [3.8, 4) is 5.75 Å². The second kappa shape index (κ2) is 8.27. The molecule has 4 aliphatic carbocycles. The van der Waals surface area contributed by atoms with Crippen LogP contribution in [-0.2, 0) is 9.59 Å². The maximum Gasteiger partial charge on any atom is 0.255 e. The van der Waals surface area contributed by atoms with Gasteiger partial charge in [-0.05, 0) is 50.4 Å². The second-order valence-electron chi connectivity index (χ2n) is 10.6. The lowest BCUT2D eigenvalue weighted by molar-refractivity contribution is -0.162. The highest BCUT2D eigenvalue weighted by atomic mass is 16.4. The number of nitrogens with two attached hydrogens (primary N) is 1. The van der Waals surface area contributed by atoms with Gasteiger partial charge in [0.1, 0.15) is 22.8 Å². The van der Waals surface area contributed by atoms with Crippen molar-refractivity contribution >= 4 is 23.0 Å². The molecular weight excluding hydrogens is 480 g/mol. The van der Waals surface area contributed by atoms with Crippen LogP contribution in [-0.4, -0.2) is 79.7 Å². The van der Waals surface area contributed by atoms with Crippen molar-refractivity contribution in [1.82, 2.24) is 4.90 Å². The van der Waals surface area contributed by atoms with Crippen LogP contribution >= 0.6 is 0 Å². The Morgan fingerprint density at radius 1 is 1.16 bits per heavy atom. The van der Waals surface area contributed by atoms with E-state index in [1.165, 1.54) is 19.0 Å². The number of aromatic hydroxyl groups is 1. The predicted molar refractivity (Wildman–Crippen MR) is 132 cm³/mol. The Kier molecular flexibility index (Phi) is 5.63. The van der Waals surface area contributed by atoms with E-state index in [4.69, 9.17) is 5.73 Å². The number of carbonyl (C=O) groups is 3. The number of primary amides is 1. The first-order chi connectivity index (χ1) is 17.3. The first-order valence-electron chi connectivity index (χ1n) is 12.2. The molecule has 0 saturated carbocycles. The Balaban J connectivity index is 1.77. The normalized spacial score (nSPS) is 33.4. The van der Waals surface area contributed by atoms with Gasteiger partial charge in [0.2, 0.25) is 5.78 Å². The van der Waals surface area contributed by atoms with E-state index in [2.05, 4.69) is 0 Å². The summed E-state index contributed by atoms with van der Waals surface area (Å²) >= 11 is 0. The Labute approximate surface area is 213 Å². The summed E-state index contributed by atoms with van der Waals surface area (Å²) in [5.41, 5.74) is 2.89. The summed E-state index contributed by atoms with van der Waals surface area (Å²) < 4.78 is 0. The van der Waals surface area contributed by atoms with Gasteiger partial charge in [-0.15, -0.1) is 0 Å². The standard InChI is InChI=1S/C27H30N2O8/c1-10-12-8-9-13(11-6-4-5-7-11)20(30)15(12)21(31)16-14(10)22(32)18-19(29(2)3)23(33)17(26(28)36)25(35)27(18,37)24(16)34/h6,8-10,14,18-19,22,30,32-34,37H,4-5,7H2,1-3H3,(H2,28,36)/t10-,14+,18-,19+,22-,27-/m1/s1. The summed E-state index contributed by atoms with van der Waals surface area (Å²) in [7, 11) is 3.00. The fourth-order valence-electron chi connectivity index (χ4n) is 6.80. The molecule has 0 aliphatic heterocycles. The van der Waals surface area contributed by atoms with E-state index in [9.17, 15) is 39.9 Å². The van der Waals surface area contributed by atoms with Crippen LogP contribution < -0.4 is 5.73 Å². The average Bonchev–Trinajstić information content (AvgIpc) is 3.35. The Hall–Kier alpha value is -3.47. The lowest BCUT2D eigenvalue weighted by atomic mass is 9.55. The van der Waals surface area contributed by atoms with Crippen LogP contribution in [0.4, 0.5) is 0 Å². The number of nitrogens with zero attached hydrogens (tertiary/aromatic N) is 1. The summed E-state index contributed by atoms with van der Waals surface area (Å²) in [6, 6.07) is 2.17. The molecular formula is C27H30N2O8. The van der Waals surface area contributed by atoms with E-state index < -0.39 is 75.6 Å². The van der Waals surface area contributed by atoms with Gasteiger partial charge in [0.05, 0.1) is 23.6 Å². The van der Waals surface area contributed by atoms with Crippen LogP contribution in [0.15, 0.2) is 40.9 Å². The lowest BCUT2D eigenvalue weighted by Gasteiger charge is -2.53. The summed E-state index contributed by atoms with van der Waals surface area (Å²) in [6.07, 6.45) is 2.89. The van der Waals surface area contributed by atoms with Gasteiger partial charge in [0.15, 0.2) is 11.4 Å². The van der Waals surface area contributed by atoms with Crippen molar-refractivity contribution in [1.29, 1.82) is 0 Å². The Morgan fingerprint density at radius 2 is 1.84 bits per heavy atom. The Morgan fingerprint density at radius 3 is 2.41 bits per heavy atom. The predicted octanol–water partition coefficient (Wildman–Crippen LogP) is 1.22. The maximum atomic E-state index is 13.9.